The number of amides is 2. The van der Waals surface area contributed by atoms with Gasteiger partial charge in [-0.05, 0) is 6.42 Å². The summed E-state index contributed by atoms with van der Waals surface area (Å²) in [6, 6.07) is -0.702. The SMILES string of the molecule is C=CCNC(=O)NS(=O)(=O)CCCCC. The van der Waals surface area contributed by atoms with Gasteiger partial charge in [0.25, 0.3) is 0 Å². The molecule has 15 heavy (non-hydrogen) atoms. The third-order valence-electron chi connectivity index (χ3n) is 1.67. The van der Waals surface area contributed by atoms with Gasteiger partial charge in [0.05, 0.1) is 5.75 Å². The van der Waals surface area contributed by atoms with Crippen LogP contribution in [-0.2, 0) is 10.0 Å². The molecule has 0 saturated heterocycles. The van der Waals surface area contributed by atoms with Crippen molar-refractivity contribution >= 4 is 16.1 Å². The van der Waals surface area contributed by atoms with E-state index in [9.17, 15) is 13.2 Å². The van der Waals surface area contributed by atoms with Crippen molar-refractivity contribution in [2.45, 2.75) is 26.2 Å². The van der Waals surface area contributed by atoms with Crippen molar-refractivity contribution in [2.24, 2.45) is 0 Å². The molecule has 0 spiro atoms. The van der Waals surface area contributed by atoms with Crippen LogP contribution in [0.5, 0.6) is 0 Å². The first-order valence-electron chi connectivity index (χ1n) is 4.91. The number of urea groups is 1. The topological polar surface area (TPSA) is 75.3 Å². The molecule has 88 valence electrons. The lowest BCUT2D eigenvalue weighted by Crippen LogP contribution is -2.40. The number of hydrogen-bond donors (Lipinski definition) is 2. The van der Waals surface area contributed by atoms with Gasteiger partial charge < -0.3 is 5.32 Å². The highest BCUT2D eigenvalue weighted by Gasteiger charge is 2.12. The minimum atomic E-state index is -3.48. The normalized spacial score (nSPS) is 10.7. The Kier molecular flexibility index (Phi) is 6.77. The zero-order valence-corrected chi connectivity index (χ0v) is 9.77. The molecular formula is C9H18N2O3S. The number of nitrogens with one attached hydrogen (secondary N) is 2. The van der Waals surface area contributed by atoms with Crippen LogP contribution in [0.3, 0.4) is 0 Å². The summed E-state index contributed by atoms with van der Waals surface area (Å²) in [5.41, 5.74) is 0. The van der Waals surface area contributed by atoms with Gasteiger partial charge in [-0.2, -0.15) is 0 Å². The van der Waals surface area contributed by atoms with E-state index < -0.39 is 16.1 Å². The summed E-state index contributed by atoms with van der Waals surface area (Å²) in [7, 11) is -3.48. The lowest BCUT2D eigenvalue weighted by atomic mass is 10.3. The van der Waals surface area contributed by atoms with E-state index in [1.807, 2.05) is 11.6 Å². The average molecular weight is 234 g/mol. The zero-order valence-electron chi connectivity index (χ0n) is 8.95. The van der Waals surface area contributed by atoms with Crippen LogP contribution in [-0.4, -0.2) is 26.7 Å². The van der Waals surface area contributed by atoms with Crippen LogP contribution in [0.4, 0.5) is 4.79 Å². The Balaban J connectivity index is 3.91. The number of hydrogen-bond acceptors (Lipinski definition) is 3. The molecule has 0 aliphatic heterocycles. The van der Waals surface area contributed by atoms with Crippen LogP contribution in [0.2, 0.25) is 0 Å². The second-order valence-electron chi connectivity index (χ2n) is 3.13. The van der Waals surface area contributed by atoms with Gasteiger partial charge in [-0.15, -0.1) is 6.58 Å². The average Bonchev–Trinajstić information content (AvgIpc) is 2.14. The first kappa shape index (κ1) is 14.0. The highest BCUT2D eigenvalue weighted by atomic mass is 32.2. The number of carbonyl (C=O) groups excluding carboxylic acids is 1. The molecule has 0 aliphatic rings. The number of sulfonamides is 1. The zero-order chi connectivity index (χ0) is 11.7. The van der Waals surface area contributed by atoms with Crippen LogP contribution in [0, 0.1) is 0 Å². The van der Waals surface area contributed by atoms with E-state index in [4.69, 9.17) is 0 Å². The van der Waals surface area contributed by atoms with Gasteiger partial charge in [-0.3, -0.25) is 0 Å². The molecule has 0 heterocycles. The molecule has 0 aromatic heterocycles. The largest absolute Gasteiger partial charge is 0.334 e. The molecule has 0 bridgehead atoms. The fourth-order valence-corrected chi connectivity index (χ4v) is 1.98. The van der Waals surface area contributed by atoms with Crippen LogP contribution >= 0.6 is 0 Å². The van der Waals surface area contributed by atoms with Crippen molar-refractivity contribution in [1.82, 2.24) is 10.0 Å². The molecular weight excluding hydrogens is 216 g/mol. The monoisotopic (exact) mass is 234 g/mol. The molecule has 0 radical (unpaired) electrons. The minimum absolute atomic E-state index is 0.0116. The molecule has 0 aromatic carbocycles. The highest BCUT2D eigenvalue weighted by molar-refractivity contribution is 7.90. The van der Waals surface area contributed by atoms with E-state index in [2.05, 4.69) is 11.9 Å². The molecule has 6 heteroatoms. The third-order valence-corrected chi connectivity index (χ3v) is 2.99. The molecule has 2 amide bonds. The Bertz CT molecular complexity index is 298. The van der Waals surface area contributed by atoms with Crippen LogP contribution in [0.1, 0.15) is 26.2 Å². The minimum Gasteiger partial charge on any atom is -0.334 e. The Labute approximate surface area is 91.0 Å². The molecule has 0 fully saturated rings. The quantitative estimate of drug-likeness (QED) is 0.509. The molecule has 0 atom stereocenters. The van der Waals surface area contributed by atoms with Gasteiger partial charge in [-0.1, -0.05) is 25.8 Å². The van der Waals surface area contributed by atoms with Crippen molar-refractivity contribution in [1.29, 1.82) is 0 Å². The van der Waals surface area contributed by atoms with E-state index in [0.717, 1.165) is 12.8 Å². The molecule has 0 aliphatic carbocycles. The smallest absolute Gasteiger partial charge is 0.328 e. The molecule has 0 unspecified atom stereocenters. The van der Waals surface area contributed by atoms with Gasteiger partial charge in [-0.25, -0.2) is 17.9 Å². The van der Waals surface area contributed by atoms with E-state index in [1.54, 1.807) is 0 Å². The Morgan fingerprint density at radius 1 is 1.40 bits per heavy atom. The van der Waals surface area contributed by atoms with Crippen molar-refractivity contribution < 1.29 is 13.2 Å². The maximum absolute atomic E-state index is 11.3. The Morgan fingerprint density at radius 2 is 2.07 bits per heavy atom. The maximum Gasteiger partial charge on any atom is 0.328 e. The van der Waals surface area contributed by atoms with Gasteiger partial charge in [0.15, 0.2) is 0 Å². The van der Waals surface area contributed by atoms with Crippen LogP contribution in [0.15, 0.2) is 12.7 Å². The molecule has 0 rings (SSSR count). The predicted molar refractivity (Wildman–Crippen MR) is 60.0 cm³/mol. The van der Waals surface area contributed by atoms with Crippen LogP contribution in [0.25, 0.3) is 0 Å². The van der Waals surface area contributed by atoms with Crippen LogP contribution < -0.4 is 10.0 Å². The van der Waals surface area contributed by atoms with Gasteiger partial charge in [0.2, 0.25) is 10.0 Å². The molecule has 2 N–H and O–H groups in total. The van der Waals surface area contributed by atoms with E-state index in [1.165, 1.54) is 6.08 Å². The van der Waals surface area contributed by atoms with Crippen molar-refractivity contribution in [3.05, 3.63) is 12.7 Å². The number of unbranched alkanes of at least 4 members (excludes halogenated alkanes) is 2. The predicted octanol–water partition coefficient (Wildman–Crippen LogP) is 0.992. The van der Waals surface area contributed by atoms with Gasteiger partial charge in [0, 0.05) is 6.54 Å². The maximum atomic E-state index is 11.3. The van der Waals surface area contributed by atoms with Crippen molar-refractivity contribution in [2.75, 3.05) is 12.3 Å². The van der Waals surface area contributed by atoms with E-state index in [-0.39, 0.29) is 12.3 Å². The third kappa shape index (κ3) is 7.99. The highest BCUT2D eigenvalue weighted by Crippen LogP contribution is 1.97. The first-order valence-corrected chi connectivity index (χ1v) is 6.56. The van der Waals surface area contributed by atoms with Crippen molar-refractivity contribution in [3.8, 4) is 0 Å². The molecule has 5 nitrogen and oxygen atoms in total. The summed E-state index contributed by atoms with van der Waals surface area (Å²) in [6.07, 6.45) is 3.83. The van der Waals surface area contributed by atoms with E-state index in [0.29, 0.717) is 6.42 Å². The Hall–Kier alpha value is -1.04. The lowest BCUT2D eigenvalue weighted by Gasteiger charge is -2.06. The van der Waals surface area contributed by atoms with E-state index >= 15 is 0 Å². The second kappa shape index (κ2) is 7.28. The second-order valence-corrected chi connectivity index (χ2v) is 4.97. The molecule has 0 saturated carbocycles. The Morgan fingerprint density at radius 3 is 2.60 bits per heavy atom. The van der Waals surface area contributed by atoms with Gasteiger partial charge in [0.1, 0.15) is 0 Å². The summed E-state index contributed by atoms with van der Waals surface area (Å²) in [4.78, 5) is 11.0. The number of rotatable bonds is 7. The fraction of sp³-hybridized carbons (Fsp3) is 0.667. The summed E-state index contributed by atoms with van der Waals surface area (Å²) in [6.45, 7) is 5.63. The summed E-state index contributed by atoms with van der Waals surface area (Å²) in [5.74, 6) is -0.0116. The molecule has 0 aromatic rings. The first-order chi connectivity index (χ1) is 7.02. The fourth-order valence-electron chi connectivity index (χ4n) is 0.935. The summed E-state index contributed by atoms with van der Waals surface area (Å²) < 4.78 is 24.5. The van der Waals surface area contributed by atoms with Gasteiger partial charge >= 0.3 is 6.03 Å². The lowest BCUT2D eigenvalue weighted by molar-refractivity contribution is 0.247. The summed E-state index contributed by atoms with van der Waals surface area (Å²) >= 11 is 0. The standard InChI is InChI=1S/C9H18N2O3S/c1-3-5-6-8-15(13,14)11-9(12)10-7-4-2/h4H,2-3,5-8H2,1H3,(H2,10,11,12). The van der Waals surface area contributed by atoms with Crippen molar-refractivity contribution in [3.63, 3.8) is 0 Å². The summed E-state index contributed by atoms with van der Waals surface area (Å²) in [5, 5.41) is 2.33. The number of carbonyl (C=O) groups is 1.